The quantitative estimate of drug-likeness (QED) is 0.516. The lowest BCUT2D eigenvalue weighted by Crippen LogP contribution is -2.32. The van der Waals surface area contributed by atoms with E-state index in [1.165, 1.54) is 12.1 Å². The van der Waals surface area contributed by atoms with Crippen molar-refractivity contribution in [2.45, 2.75) is 12.2 Å². The van der Waals surface area contributed by atoms with Crippen molar-refractivity contribution in [3.63, 3.8) is 0 Å². The van der Waals surface area contributed by atoms with Crippen molar-refractivity contribution in [3.05, 3.63) is 59.7 Å². The normalized spacial score (nSPS) is 19.7. The van der Waals surface area contributed by atoms with E-state index in [2.05, 4.69) is 0 Å². The SMILES string of the molecule is O=C1c2cccc3ccc(-c4ccc(O)c(O)c4)c(c23)[C@H](O)[C@@H]1O. The van der Waals surface area contributed by atoms with Crippen molar-refractivity contribution in [2.24, 2.45) is 0 Å². The van der Waals surface area contributed by atoms with Crippen molar-refractivity contribution >= 4 is 16.6 Å². The third-order valence-corrected chi connectivity index (χ3v) is 4.50. The lowest BCUT2D eigenvalue weighted by atomic mass is 9.80. The highest BCUT2D eigenvalue weighted by Gasteiger charge is 2.36. The maximum absolute atomic E-state index is 12.3. The summed E-state index contributed by atoms with van der Waals surface area (Å²) in [5.74, 6) is -1.04. The predicted molar refractivity (Wildman–Crippen MR) is 88.0 cm³/mol. The van der Waals surface area contributed by atoms with Crippen LogP contribution in [0.25, 0.3) is 21.9 Å². The molecule has 0 aliphatic heterocycles. The summed E-state index contributed by atoms with van der Waals surface area (Å²) in [7, 11) is 0. The zero-order chi connectivity index (χ0) is 17.0. The van der Waals surface area contributed by atoms with Gasteiger partial charge >= 0.3 is 0 Å². The van der Waals surface area contributed by atoms with E-state index in [9.17, 15) is 25.2 Å². The first-order valence-corrected chi connectivity index (χ1v) is 7.47. The number of ketones is 1. The minimum absolute atomic E-state index is 0.246. The maximum Gasteiger partial charge on any atom is 0.194 e. The van der Waals surface area contributed by atoms with Crippen LogP contribution in [0.4, 0.5) is 0 Å². The number of phenolic OH excluding ortho intramolecular Hbond substituents is 2. The molecule has 120 valence electrons. The van der Waals surface area contributed by atoms with Gasteiger partial charge in [0.1, 0.15) is 12.2 Å². The van der Waals surface area contributed by atoms with E-state index in [0.717, 1.165) is 5.39 Å². The van der Waals surface area contributed by atoms with Gasteiger partial charge in [-0.25, -0.2) is 0 Å². The van der Waals surface area contributed by atoms with E-state index in [0.29, 0.717) is 27.6 Å². The topological polar surface area (TPSA) is 98.0 Å². The highest BCUT2D eigenvalue weighted by atomic mass is 16.3. The molecule has 5 nitrogen and oxygen atoms in total. The van der Waals surface area contributed by atoms with Gasteiger partial charge in [-0.3, -0.25) is 4.79 Å². The number of aromatic hydroxyl groups is 2. The molecule has 4 rings (SSSR count). The average Bonchev–Trinajstić information content (AvgIpc) is 2.59. The Morgan fingerprint density at radius 2 is 1.58 bits per heavy atom. The summed E-state index contributed by atoms with van der Waals surface area (Å²) in [6, 6.07) is 13.1. The summed E-state index contributed by atoms with van der Waals surface area (Å²) < 4.78 is 0. The average molecular weight is 322 g/mol. The van der Waals surface area contributed by atoms with Crippen LogP contribution in [0.1, 0.15) is 22.0 Å². The highest BCUT2D eigenvalue weighted by Crippen LogP contribution is 2.42. The molecule has 2 atom stereocenters. The van der Waals surface area contributed by atoms with E-state index < -0.39 is 18.0 Å². The Kier molecular flexibility index (Phi) is 3.09. The number of aliphatic hydroxyl groups is 2. The molecule has 0 amide bonds. The second-order valence-electron chi connectivity index (χ2n) is 5.89. The van der Waals surface area contributed by atoms with Crippen molar-refractivity contribution in [2.75, 3.05) is 0 Å². The number of phenols is 2. The molecule has 24 heavy (non-hydrogen) atoms. The number of aliphatic hydroxyl groups excluding tert-OH is 2. The predicted octanol–water partition coefficient (Wildman–Crippen LogP) is 2.51. The number of carbonyl (C=O) groups excluding carboxylic acids is 1. The van der Waals surface area contributed by atoms with Gasteiger partial charge in [0.25, 0.3) is 0 Å². The van der Waals surface area contributed by atoms with E-state index in [-0.39, 0.29) is 11.5 Å². The van der Waals surface area contributed by atoms with Crippen LogP contribution >= 0.6 is 0 Å². The molecule has 1 aliphatic rings. The van der Waals surface area contributed by atoms with Crippen molar-refractivity contribution in [1.29, 1.82) is 0 Å². The number of hydrogen-bond donors (Lipinski definition) is 4. The molecule has 0 saturated heterocycles. The minimum Gasteiger partial charge on any atom is -0.504 e. The smallest absolute Gasteiger partial charge is 0.194 e. The van der Waals surface area contributed by atoms with Crippen molar-refractivity contribution < 1.29 is 25.2 Å². The van der Waals surface area contributed by atoms with Gasteiger partial charge in [0.2, 0.25) is 0 Å². The minimum atomic E-state index is -1.53. The summed E-state index contributed by atoms with van der Waals surface area (Å²) in [4.78, 5) is 12.3. The molecule has 3 aromatic carbocycles. The first-order chi connectivity index (χ1) is 11.5. The van der Waals surface area contributed by atoms with Gasteiger partial charge in [-0.15, -0.1) is 0 Å². The van der Waals surface area contributed by atoms with E-state index in [1.54, 1.807) is 24.3 Å². The Morgan fingerprint density at radius 1 is 0.792 bits per heavy atom. The molecule has 0 bridgehead atoms. The molecule has 0 heterocycles. The van der Waals surface area contributed by atoms with E-state index >= 15 is 0 Å². The summed E-state index contributed by atoms with van der Waals surface area (Å²) in [6.45, 7) is 0. The molecule has 0 radical (unpaired) electrons. The Morgan fingerprint density at radius 3 is 2.33 bits per heavy atom. The third-order valence-electron chi connectivity index (χ3n) is 4.50. The van der Waals surface area contributed by atoms with Crippen LogP contribution in [0, 0.1) is 0 Å². The van der Waals surface area contributed by atoms with Gasteiger partial charge in [0.05, 0.1) is 0 Å². The summed E-state index contributed by atoms with van der Waals surface area (Å²) in [6.07, 6.45) is -2.89. The number of hydrogen-bond acceptors (Lipinski definition) is 5. The number of benzene rings is 3. The zero-order valence-electron chi connectivity index (χ0n) is 12.5. The van der Waals surface area contributed by atoms with Crippen LogP contribution in [0.3, 0.4) is 0 Å². The van der Waals surface area contributed by atoms with Crippen LogP contribution in [-0.4, -0.2) is 32.3 Å². The van der Waals surface area contributed by atoms with E-state index in [1.807, 2.05) is 12.1 Å². The molecule has 0 spiro atoms. The second-order valence-corrected chi connectivity index (χ2v) is 5.89. The molecular weight excluding hydrogens is 308 g/mol. The number of carbonyl (C=O) groups is 1. The van der Waals surface area contributed by atoms with Gasteiger partial charge in [-0.1, -0.05) is 36.4 Å². The summed E-state index contributed by atoms with van der Waals surface area (Å²) in [5, 5.41) is 41.2. The lowest BCUT2D eigenvalue weighted by Gasteiger charge is -2.28. The molecule has 0 aromatic heterocycles. The monoisotopic (exact) mass is 322 g/mol. The fourth-order valence-electron chi connectivity index (χ4n) is 3.32. The lowest BCUT2D eigenvalue weighted by molar-refractivity contribution is 0.0195. The molecule has 5 heteroatoms. The third kappa shape index (κ3) is 1.92. The van der Waals surface area contributed by atoms with Gasteiger partial charge in [-0.05, 0) is 39.6 Å². The van der Waals surface area contributed by atoms with Crippen LogP contribution in [0.15, 0.2) is 48.5 Å². The first-order valence-electron chi connectivity index (χ1n) is 7.47. The molecule has 1 aliphatic carbocycles. The fraction of sp³-hybridized carbons (Fsp3) is 0.105. The van der Waals surface area contributed by atoms with Gasteiger partial charge < -0.3 is 20.4 Å². The number of rotatable bonds is 1. The maximum atomic E-state index is 12.3. The molecular formula is C19H14O5. The van der Waals surface area contributed by atoms with Gasteiger partial charge in [-0.2, -0.15) is 0 Å². The van der Waals surface area contributed by atoms with Crippen LogP contribution < -0.4 is 0 Å². The van der Waals surface area contributed by atoms with E-state index in [4.69, 9.17) is 0 Å². The van der Waals surface area contributed by atoms with Crippen molar-refractivity contribution in [3.8, 4) is 22.6 Å². The standard InChI is InChI=1S/C19H14O5/c20-13-7-5-10(8-14(13)21)11-6-4-9-2-1-3-12-15(9)16(11)18(23)19(24)17(12)22/h1-8,18-21,23-24H/t18-,19+/m0/s1. The molecule has 0 saturated carbocycles. The Labute approximate surface area is 137 Å². The largest absolute Gasteiger partial charge is 0.504 e. The van der Waals surface area contributed by atoms with Crippen LogP contribution in [-0.2, 0) is 0 Å². The van der Waals surface area contributed by atoms with Crippen LogP contribution in [0.5, 0.6) is 11.5 Å². The molecule has 3 aromatic rings. The Bertz CT molecular complexity index is 992. The zero-order valence-corrected chi connectivity index (χ0v) is 12.5. The molecule has 4 N–H and O–H groups in total. The fourth-order valence-corrected chi connectivity index (χ4v) is 3.32. The Balaban J connectivity index is 2.09. The molecule has 0 unspecified atom stereocenters. The highest BCUT2D eigenvalue weighted by molar-refractivity contribution is 6.15. The second kappa shape index (κ2) is 5.06. The van der Waals surface area contributed by atoms with Crippen LogP contribution in [0.2, 0.25) is 0 Å². The van der Waals surface area contributed by atoms with Gasteiger partial charge in [0.15, 0.2) is 17.3 Å². The van der Waals surface area contributed by atoms with Gasteiger partial charge in [0, 0.05) is 5.56 Å². The molecule has 0 fully saturated rings. The summed E-state index contributed by atoms with van der Waals surface area (Å²) >= 11 is 0. The Hall–Kier alpha value is -2.89. The van der Waals surface area contributed by atoms with Crippen molar-refractivity contribution in [1.82, 2.24) is 0 Å². The first kappa shape index (κ1) is 14.7. The summed E-state index contributed by atoms with van der Waals surface area (Å²) in [5.41, 5.74) is 1.97. The number of Topliss-reactive ketones (excluding diaryl/α,β-unsaturated/α-hetero) is 1.